The maximum absolute atomic E-state index is 14.6. The van der Waals surface area contributed by atoms with E-state index in [9.17, 15) is 29.1 Å². The molecule has 1 aliphatic carbocycles. The molecule has 5 amide bonds. The number of carbonyl (C=O) groups is 5. The minimum absolute atomic E-state index is 0.0249. The monoisotopic (exact) mass is 915 g/mol. The Morgan fingerprint density at radius 2 is 1.86 bits per heavy atom. The van der Waals surface area contributed by atoms with Gasteiger partial charge >= 0.3 is 6.09 Å². The Labute approximate surface area is 381 Å². The maximum atomic E-state index is 14.6. The number of aliphatic hydroxyl groups is 1. The fourth-order valence-electron chi connectivity index (χ4n) is 9.44. The number of nitrogens with one attached hydrogen (secondary N) is 6. The molecule has 2 fully saturated rings. The van der Waals surface area contributed by atoms with Crippen molar-refractivity contribution in [2.75, 3.05) is 73.8 Å². The van der Waals surface area contributed by atoms with Gasteiger partial charge in [0.25, 0.3) is 0 Å². The van der Waals surface area contributed by atoms with E-state index in [1.165, 1.54) is 16.9 Å². The highest BCUT2D eigenvalue weighted by Gasteiger charge is 2.69. The molecule has 2 saturated heterocycles. The van der Waals surface area contributed by atoms with E-state index in [1.807, 2.05) is 46.9 Å². The Balaban J connectivity index is 1.36. The number of methoxy groups -OCH3 is 1. The van der Waals surface area contributed by atoms with E-state index in [0.717, 1.165) is 11.1 Å². The lowest BCUT2D eigenvalue weighted by Gasteiger charge is -2.58. The van der Waals surface area contributed by atoms with Gasteiger partial charge in [-0.15, -0.1) is 0 Å². The standard InChI is InChI=1S/C44H70N10O11/c1-26(2)62-25-53(7)63-21-18-47-39(57)30-14-19-54(31(22-30)23-50-40(58)32(10-9-17-48-41(45)46)51-35(56)24-49-29(5)55)42(59)64-34-13-15-44(60)28(4)52(6)20-16-43(44)36-27(3)11-12-33(61-8)37(36)65-38(34)43/h11-13,26,28,30-32,38,60H,9-10,14-25H2,1-8H3,(H,47,57)(H,49,55)(H,50,58)(H,51,56)(H4,45,46,48)/t28-,30?,31?,32+,38+,43+,44-/m1/s1. The van der Waals surface area contributed by atoms with Crippen LogP contribution in [0, 0.1) is 18.3 Å². The Morgan fingerprint density at radius 1 is 1.11 bits per heavy atom. The van der Waals surface area contributed by atoms with E-state index in [2.05, 4.69) is 31.5 Å². The van der Waals surface area contributed by atoms with E-state index >= 15 is 0 Å². The van der Waals surface area contributed by atoms with Crippen LogP contribution in [0.4, 0.5) is 4.79 Å². The van der Waals surface area contributed by atoms with Crippen molar-refractivity contribution in [3.63, 3.8) is 0 Å². The summed E-state index contributed by atoms with van der Waals surface area (Å²) < 4.78 is 24.3. The van der Waals surface area contributed by atoms with Crippen LogP contribution in [0.25, 0.3) is 0 Å². The molecule has 0 aromatic heterocycles. The summed E-state index contributed by atoms with van der Waals surface area (Å²) in [6.45, 7) is 10.3. The average molecular weight is 915 g/mol. The third-order valence-electron chi connectivity index (χ3n) is 13.0. The van der Waals surface area contributed by atoms with Crippen LogP contribution in [0.3, 0.4) is 0 Å². The number of hydroxylamine groups is 2. The number of rotatable bonds is 20. The van der Waals surface area contributed by atoms with Crippen molar-refractivity contribution in [3.05, 3.63) is 35.1 Å². The zero-order valence-electron chi connectivity index (χ0n) is 39.0. The van der Waals surface area contributed by atoms with Crippen molar-refractivity contribution in [3.8, 4) is 11.5 Å². The first kappa shape index (κ1) is 50.8. The molecule has 3 heterocycles. The molecule has 1 aromatic carbocycles. The zero-order valence-corrected chi connectivity index (χ0v) is 39.0. The molecule has 65 heavy (non-hydrogen) atoms. The molecule has 21 heteroatoms. The molecule has 1 spiro atoms. The number of hydrogen-bond acceptors (Lipinski definition) is 14. The summed E-state index contributed by atoms with van der Waals surface area (Å²) in [7, 11) is 5.26. The second-order valence-electron chi connectivity index (χ2n) is 17.7. The molecule has 21 nitrogen and oxygen atoms in total. The summed E-state index contributed by atoms with van der Waals surface area (Å²) in [5, 5.41) is 35.3. The van der Waals surface area contributed by atoms with Crippen LogP contribution in [-0.2, 0) is 38.9 Å². The van der Waals surface area contributed by atoms with Gasteiger partial charge in [-0.2, -0.15) is 5.06 Å². The normalized spacial score (nSPS) is 25.2. The van der Waals surface area contributed by atoms with E-state index < -0.39 is 58.9 Å². The number of benzene rings is 1. The van der Waals surface area contributed by atoms with Gasteiger partial charge < -0.3 is 66.2 Å². The topological polar surface area (TPSA) is 271 Å². The number of guanidine groups is 1. The van der Waals surface area contributed by atoms with Crippen LogP contribution in [0.1, 0.15) is 77.3 Å². The number of piperidine rings is 2. The summed E-state index contributed by atoms with van der Waals surface area (Å²) in [6, 6.07) is 1.72. The fourth-order valence-corrected chi connectivity index (χ4v) is 9.44. The molecular weight excluding hydrogens is 845 g/mol. The van der Waals surface area contributed by atoms with Crippen molar-refractivity contribution < 1.29 is 52.9 Å². The van der Waals surface area contributed by atoms with E-state index in [1.54, 1.807) is 20.2 Å². The van der Waals surface area contributed by atoms with Crippen molar-refractivity contribution in [1.29, 1.82) is 5.41 Å². The van der Waals surface area contributed by atoms with Crippen molar-refractivity contribution in [2.24, 2.45) is 11.7 Å². The molecule has 9 N–H and O–H groups in total. The van der Waals surface area contributed by atoms with Crippen LogP contribution in [-0.4, -0.2) is 165 Å². The van der Waals surface area contributed by atoms with Gasteiger partial charge in [0.05, 0.1) is 43.4 Å². The summed E-state index contributed by atoms with van der Waals surface area (Å²) in [6.07, 6.45) is 1.84. The van der Waals surface area contributed by atoms with Crippen molar-refractivity contribution in [2.45, 2.75) is 114 Å². The summed E-state index contributed by atoms with van der Waals surface area (Å²) >= 11 is 0. The van der Waals surface area contributed by atoms with Gasteiger partial charge in [0, 0.05) is 64.1 Å². The molecule has 5 rings (SSSR count). The maximum Gasteiger partial charge on any atom is 0.415 e. The van der Waals surface area contributed by atoms with Crippen LogP contribution in [0.15, 0.2) is 24.0 Å². The van der Waals surface area contributed by atoms with Gasteiger partial charge in [0.15, 0.2) is 23.6 Å². The minimum Gasteiger partial charge on any atom is -0.493 e. The van der Waals surface area contributed by atoms with Gasteiger partial charge in [0.1, 0.15) is 18.5 Å². The summed E-state index contributed by atoms with van der Waals surface area (Å²) in [5.74, 6) is -1.32. The lowest BCUT2D eigenvalue weighted by Crippen LogP contribution is -2.71. The highest BCUT2D eigenvalue weighted by atomic mass is 16.7. The molecule has 0 bridgehead atoms. The van der Waals surface area contributed by atoms with Gasteiger partial charge in [-0.05, 0) is 91.1 Å². The van der Waals surface area contributed by atoms with Gasteiger partial charge in [0.2, 0.25) is 23.6 Å². The second-order valence-corrected chi connectivity index (χ2v) is 17.7. The fraction of sp³-hybridized carbons (Fsp3) is 0.682. The lowest BCUT2D eigenvalue weighted by molar-refractivity contribution is -0.197. The van der Waals surface area contributed by atoms with Gasteiger partial charge in [-0.25, -0.2) is 4.79 Å². The number of likely N-dealkylation sites (tertiary alicyclic amines) is 2. The number of ether oxygens (including phenoxy) is 4. The number of amides is 5. The Kier molecular flexibility index (Phi) is 17.4. The second kappa shape index (κ2) is 22.3. The van der Waals surface area contributed by atoms with Crippen LogP contribution in [0.5, 0.6) is 11.5 Å². The molecule has 0 saturated carbocycles. The summed E-state index contributed by atoms with van der Waals surface area (Å²) in [5.41, 5.74) is 4.90. The first-order valence-electron chi connectivity index (χ1n) is 22.4. The quantitative estimate of drug-likeness (QED) is 0.0288. The van der Waals surface area contributed by atoms with Crippen LogP contribution < -0.4 is 41.8 Å². The predicted molar refractivity (Wildman–Crippen MR) is 238 cm³/mol. The number of fused-ring (bicyclic) bond motifs is 1. The predicted octanol–water partition coefficient (Wildman–Crippen LogP) is 0.325. The van der Waals surface area contributed by atoms with Crippen LogP contribution in [0.2, 0.25) is 0 Å². The highest BCUT2D eigenvalue weighted by molar-refractivity contribution is 5.90. The number of nitrogens with zero attached hydrogens (tertiary/aromatic N) is 3. The molecular formula is C44H70N10O11. The number of nitrogens with two attached hydrogens (primary N) is 1. The Bertz CT molecular complexity index is 1930. The zero-order chi connectivity index (χ0) is 47.6. The highest BCUT2D eigenvalue weighted by Crippen LogP contribution is 2.62. The molecule has 7 atom stereocenters. The Hall–Kier alpha value is -5.22. The van der Waals surface area contributed by atoms with E-state index in [4.69, 9.17) is 34.9 Å². The molecule has 3 aliphatic heterocycles. The summed E-state index contributed by atoms with van der Waals surface area (Å²) in [4.78, 5) is 75.5. The minimum atomic E-state index is -1.29. The van der Waals surface area contributed by atoms with Crippen LogP contribution >= 0.6 is 0 Å². The third kappa shape index (κ3) is 11.8. The van der Waals surface area contributed by atoms with Crippen molar-refractivity contribution >= 4 is 35.7 Å². The smallest absolute Gasteiger partial charge is 0.415 e. The molecule has 2 unspecified atom stereocenters. The number of hydrogen-bond donors (Lipinski definition) is 8. The average Bonchev–Trinajstić information content (AvgIpc) is 3.63. The largest absolute Gasteiger partial charge is 0.493 e. The molecule has 0 radical (unpaired) electrons. The number of carbonyl (C=O) groups excluding carboxylic acids is 5. The van der Waals surface area contributed by atoms with Gasteiger partial charge in [-0.1, -0.05) is 6.07 Å². The van der Waals surface area contributed by atoms with Crippen molar-refractivity contribution in [1.82, 2.24) is 41.4 Å². The first-order chi connectivity index (χ1) is 30.8. The first-order valence-corrected chi connectivity index (χ1v) is 22.4. The molecule has 362 valence electrons. The molecule has 1 aromatic rings. The molecule has 4 aliphatic rings. The van der Waals surface area contributed by atoms with E-state index in [0.29, 0.717) is 37.3 Å². The Morgan fingerprint density at radius 3 is 2.55 bits per heavy atom. The lowest BCUT2D eigenvalue weighted by atomic mass is 9.54. The number of aryl methyl sites for hydroxylation is 1. The third-order valence-corrected chi connectivity index (χ3v) is 13.0. The van der Waals surface area contributed by atoms with Gasteiger partial charge in [-0.3, -0.25) is 29.4 Å². The number of likely N-dealkylation sites (N-methyl/N-ethyl adjacent to an activating group) is 1. The van der Waals surface area contributed by atoms with E-state index in [-0.39, 0.29) is 95.1 Å². The SMILES string of the molecule is COc1ccc(C)c2c1O[C@H]1C(OC(=O)N3CCC(C(=O)NCCON(C)COC(C)C)CC3CNC(=O)[C@H](CCCNC(=N)N)NC(=O)CNC(C)=O)=CC[C@@]3(O)[C@@H](C)N(C)CC[C@]213.